The predicted molar refractivity (Wildman–Crippen MR) is 310 cm³/mol. The van der Waals surface area contributed by atoms with E-state index in [4.69, 9.17) is 19.4 Å². The summed E-state index contributed by atoms with van der Waals surface area (Å²) in [4.78, 5) is 20.0. The van der Waals surface area contributed by atoms with Crippen LogP contribution >= 0.6 is 0 Å². The van der Waals surface area contributed by atoms with Crippen molar-refractivity contribution in [3.05, 3.63) is 181 Å². The van der Waals surface area contributed by atoms with Crippen LogP contribution in [0.4, 0.5) is 0 Å². The fourth-order valence-corrected chi connectivity index (χ4v) is 13.7. The van der Waals surface area contributed by atoms with Crippen LogP contribution in [0.5, 0.6) is 0 Å². The van der Waals surface area contributed by atoms with Crippen molar-refractivity contribution in [2.24, 2.45) is 5.92 Å². The third-order valence-corrected chi connectivity index (χ3v) is 20.2. The van der Waals surface area contributed by atoms with Gasteiger partial charge in [0, 0.05) is 53.9 Å². The first-order chi connectivity index (χ1) is 35.8. The van der Waals surface area contributed by atoms with Crippen molar-refractivity contribution in [3.63, 3.8) is 0 Å². The van der Waals surface area contributed by atoms with Crippen molar-refractivity contribution in [1.29, 1.82) is 0 Å². The minimum atomic E-state index is -1.76. The van der Waals surface area contributed by atoms with Gasteiger partial charge in [-0.25, -0.2) is 4.98 Å². The molecule has 2 saturated carbocycles. The summed E-state index contributed by atoms with van der Waals surface area (Å²) in [5.74, 6) is 9.80. The quantitative estimate of drug-likeness (QED) is 0.106. The Labute approximate surface area is 460 Å². The summed E-state index contributed by atoms with van der Waals surface area (Å²) >= 11 is -1.76. The van der Waals surface area contributed by atoms with E-state index in [0.29, 0.717) is 17.5 Å². The summed E-state index contributed by atoms with van der Waals surface area (Å²) in [5, 5.41) is 2.02. The second-order valence-electron chi connectivity index (χ2n) is 23.2. The van der Waals surface area contributed by atoms with Gasteiger partial charge in [0.1, 0.15) is 0 Å². The molecule has 0 N–H and O–H groups in total. The summed E-state index contributed by atoms with van der Waals surface area (Å²) in [5.41, 5.74) is 16.4. The van der Waals surface area contributed by atoms with Crippen molar-refractivity contribution >= 4 is 50.8 Å². The Morgan fingerprint density at radius 2 is 1.37 bits per heavy atom. The molecule has 75 heavy (non-hydrogen) atoms. The van der Waals surface area contributed by atoms with Crippen LogP contribution in [0.25, 0.3) is 83.7 Å². The number of imidazole rings is 1. The molecular formula is C67H69GeIrN5O-2. The Bertz CT molecular complexity index is 3520. The zero-order valence-corrected chi connectivity index (χ0v) is 49.4. The standard InChI is InChI=1S/C47H43N4O.C20H26GeN.Ir/c1-29-25-41-42(28-48-29)51(43-38(32-17-8-6-9-18-32)26-34(47(3,4)5)27-39(43)33-19-10-7-11-20-33)45(49-41)37-22-14-21-35-36-23-24-40(50-46(36)52-44(35)37)30(2)31-15-12-13-16-31;1-21(2,3)19-13-14-20(22-15-19)18-11-9-17(10-12-18)16-7-5-4-6-8-16;/h6-11,14,17-21,23-28,30-31H,12-13,15-16H2,1-5H3;9-11,13-16H,4-8H2,1-3H3;/q2*-1;. The number of pyridine rings is 3. The van der Waals surface area contributed by atoms with Gasteiger partial charge < -0.3 is 8.98 Å². The first-order valence-corrected chi connectivity index (χ1v) is 34.5. The van der Waals surface area contributed by atoms with E-state index in [0.717, 1.165) is 95.3 Å². The summed E-state index contributed by atoms with van der Waals surface area (Å²) in [7, 11) is 0. The zero-order chi connectivity index (χ0) is 51.1. The maximum absolute atomic E-state index is 6.78. The third kappa shape index (κ3) is 10.9. The Morgan fingerprint density at radius 1 is 0.693 bits per heavy atom. The first-order valence-electron chi connectivity index (χ1n) is 27.2. The minimum Gasteiger partial charge on any atom is 0 e. The molecule has 2 fully saturated rings. The Morgan fingerprint density at radius 3 is 1.99 bits per heavy atom. The third-order valence-electron chi connectivity index (χ3n) is 16.0. The molecule has 1 atom stereocenters. The molecule has 0 spiro atoms. The van der Waals surface area contributed by atoms with Crippen LogP contribution < -0.4 is 4.40 Å². The molecule has 1 radical (unpaired) electrons. The van der Waals surface area contributed by atoms with E-state index in [1.807, 2.05) is 19.2 Å². The van der Waals surface area contributed by atoms with Crippen molar-refractivity contribution < 1.29 is 24.5 Å². The van der Waals surface area contributed by atoms with Crippen LogP contribution in [-0.4, -0.2) is 37.8 Å². The van der Waals surface area contributed by atoms with Gasteiger partial charge in [-0.05, 0) is 78.1 Å². The number of hydrogen-bond acceptors (Lipinski definition) is 5. The summed E-state index contributed by atoms with van der Waals surface area (Å²) in [6, 6.07) is 54.8. The van der Waals surface area contributed by atoms with Crippen LogP contribution in [0.15, 0.2) is 150 Å². The molecule has 5 aromatic carbocycles. The van der Waals surface area contributed by atoms with Gasteiger partial charge in [-0.15, -0.1) is 18.2 Å². The van der Waals surface area contributed by atoms with E-state index >= 15 is 0 Å². The number of furan rings is 1. The molecule has 2 aliphatic rings. The molecule has 12 rings (SSSR count). The van der Waals surface area contributed by atoms with Gasteiger partial charge in [0.2, 0.25) is 5.71 Å². The molecular weight excluding hydrogens is 1160 g/mol. The van der Waals surface area contributed by atoms with Crippen molar-refractivity contribution in [2.45, 2.75) is 127 Å². The average molecular weight is 1230 g/mol. The van der Waals surface area contributed by atoms with Crippen LogP contribution in [-0.2, 0) is 25.5 Å². The van der Waals surface area contributed by atoms with Gasteiger partial charge in [0.15, 0.2) is 0 Å². The molecule has 6 nitrogen and oxygen atoms in total. The Kier molecular flexibility index (Phi) is 15.3. The first kappa shape index (κ1) is 52.5. The normalized spacial score (nSPS) is 15.0. The summed E-state index contributed by atoms with van der Waals surface area (Å²) in [6.07, 6.45) is 16.1. The number of aromatic nitrogens is 5. The molecule has 5 aromatic heterocycles. The van der Waals surface area contributed by atoms with E-state index in [9.17, 15) is 0 Å². The molecule has 0 amide bonds. The minimum absolute atomic E-state index is 0. The number of fused-ring (bicyclic) bond motifs is 4. The molecule has 383 valence electrons. The summed E-state index contributed by atoms with van der Waals surface area (Å²) in [6.45, 7) is 11.2. The van der Waals surface area contributed by atoms with Crippen molar-refractivity contribution in [3.8, 4) is 50.6 Å². The molecule has 10 aromatic rings. The van der Waals surface area contributed by atoms with Crippen LogP contribution in [0.3, 0.4) is 0 Å². The molecule has 1 unspecified atom stereocenters. The van der Waals surface area contributed by atoms with E-state index in [1.165, 1.54) is 73.3 Å². The van der Waals surface area contributed by atoms with E-state index in [2.05, 4.69) is 200 Å². The van der Waals surface area contributed by atoms with Gasteiger partial charge in [-0.3, -0.25) is 9.97 Å². The monoisotopic (exact) mass is 1230 g/mol. The predicted octanol–water partition coefficient (Wildman–Crippen LogP) is 17.6. The molecule has 0 bridgehead atoms. The number of benzene rings is 5. The molecule has 5 heterocycles. The fourth-order valence-electron chi connectivity index (χ4n) is 11.5. The zero-order valence-electron chi connectivity index (χ0n) is 44.9. The molecule has 0 aliphatic heterocycles. The average Bonchev–Trinajstić information content (AvgIpc) is 4.19. The van der Waals surface area contributed by atoms with Gasteiger partial charge in [-0.2, -0.15) is 0 Å². The number of hydrogen-bond donors (Lipinski definition) is 0. The maximum Gasteiger partial charge on any atom is 0 e. The number of nitrogens with zero attached hydrogens (tertiary/aromatic N) is 5. The van der Waals surface area contributed by atoms with Crippen molar-refractivity contribution in [1.82, 2.24) is 24.5 Å². The van der Waals surface area contributed by atoms with Gasteiger partial charge in [0.05, 0.1) is 34.3 Å². The van der Waals surface area contributed by atoms with Gasteiger partial charge in [-0.1, -0.05) is 112 Å². The van der Waals surface area contributed by atoms with Crippen LogP contribution in [0, 0.1) is 25.0 Å². The van der Waals surface area contributed by atoms with E-state index < -0.39 is 13.3 Å². The molecule has 2 aliphatic carbocycles. The molecule has 0 saturated heterocycles. The largest absolute Gasteiger partial charge is 0 e. The Hall–Kier alpha value is -5.99. The topological polar surface area (TPSA) is 69.6 Å². The van der Waals surface area contributed by atoms with Gasteiger partial charge >= 0.3 is 137 Å². The fraction of sp³-hybridized carbons (Fsp3) is 0.313. The number of rotatable bonds is 9. The SMILES string of the molecule is Cc1cc2nc(-c3[c-]ccc4c3oc3nc(C(C)C5CCCC5)ccc34)n(-c3c(-c4ccccc4)cc(C(C)(C)C)cc3-c3ccccc3)c2cn1.[CH3][Ge]([CH3])([CH3])[c]1ccc(-c2[c-]cc(C3CCCCC3)cc2)nc1.[Ir]. The van der Waals surface area contributed by atoms with Crippen molar-refractivity contribution in [2.75, 3.05) is 0 Å². The maximum atomic E-state index is 6.78. The second-order valence-corrected chi connectivity index (χ2v) is 33.8. The van der Waals surface area contributed by atoms with E-state index in [-0.39, 0.29) is 25.5 Å². The summed E-state index contributed by atoms with van der Waals surface area (Å²) < 4.78 is 10.5. The van der Waals surface area contributed by atoms with E-state index in [1.54, 1.807) is 0 Å². The number of aryl methyl sites for hydroxylation is 1. The smallest absolute Gasteiger partial charge is 0 e. The Balaban J connectivity index is 0.000000234. The van der Waals surface area contributed by atoms with Crippen LogP contribution in [0.1, 0.15) is 120 Å². The molecule has 8 heteroatoms. The van der Waals surface area contributed by atoms with Crippen LogP contribution in [0.2, 0.25) is 17.3 Å². The second kappa shape index (κ2) is 21.9. The van der Waals surface area contributed by atoms with Gasteiger partial charge in [0.25, 0.3) is 0 Å².